The maximum Gasteiger partial charge on any atom is 0.337 e. The molecule has 0 aliphatic heterocycles. The van der Waals surface area contributed by atoms with Gasteiger partial charge in [0.05, 0.1) is 11.9 Å². The molecule has 0 saturated heterocycles. The molecule has 4 heteroatoms. The molecule has 1 aromatic rings. The third kappa shape index (κ3) is 2.94. The van der Waals surface area contributed by atoms with Gasteiger partial charge >= 0.3 is 5.97 Å². The van der Waals surface area contributed by atoms with E-state index in [1.54, 1.807) is 22.9 Å². The van der Waals surface area contributed by atoms with Crippen molar-refractivity contribution in [1.29, 1.82) is 0 Å². The van der Waals surface area contributed by atoms with Gasteiger partial charge in [-0.15, -0.1) is 0 Å². The van der Waals surface area contributed by atoms with Crippen LogP contribution in [-0.4, -0.2) is 20.6 Å². The summed E-state index contributed by atoms with van der Waals surface area (Å²) in [7, 11) is 1.81. The zero-order valence-corrected chi connectivity index (χ0v) is 7.21. The second-order valence-electron chi connectivity index (χ2n) is 2.52. The number of aryl methyl sites for hydroxylation is 1. The lowest BCUT2D eigenvalue weighted by Gasteiger charge is -1.86. The number of carboxylic acid groups (broad SMARTS) is 1. The lowest BCUT2D eigenvalue weighted by molar-refractivity contribution is 0.0696. The van der Waals surface area contributed by atoms with Crippen LogP contribution >= 0.6 is 0 Å². The highest BCUT2D eigenvalue weighted by Gasteiger charge is 1.96. The minimum atomic E-state index is -0.980. The molecule has 0 atom stereocenters. The summed E-state index contributed by atoms with van der Waals surface area (Å²) in [4.78, 5) is 14.4. The second kappa shape index (κ2) is 4.25. The Kier molecular flexibility index (Phi) is 3.03. The number of hydrogen-bond donors (Lipinski definition) is 1. The fraction of sp³-hybridized carbons (Fsp3) is 0.111. The molecule has 1 N–H and O–H groups in total. The average molecular weight is 178 g/mol. The van der Waals surface area contributed by atoms with Gasteiger partial charge in [0, 0.05) is 19.4 Å². The number of nitrogens with zero attached hydrogens (tertiary/aromatic N) is 2. The first-order valence-electron chi connectivity index (χ1n) is 3.74. The van der Waals surface area contributed by atoms with Gasteiger partial charge in [0.2, 0.25) is 0 Å². The smallest absolute Gasteiger partial charge is 0.337 e. The molecule has 0 fully saturated rings. The Labute approximate surface area is 75.8 Å². The molecular formula is C9H10N2O2. The lowest BCUT2D eigenvalue weighted by Crippen LogP contribution is -1.94. The van der Waals surface area contributed by atoms with Gasteiger partial charge in [-0.2, -0.15) is 0 Å². The van der Waals surface area contributed by atoms with Crippen LogP contribution in [0.5, 0.6) is 0 Å². The summed E-state index contributed by atoms with van der Waals surface area (Å²) in [5.41, 5.74) is 0.163. The van der Waals surface area contributed by atoms with Crippen LogP contribution in [0.2, 0.25) is 0 Å². The van der Waals surface area contributed by atoms with Gasteiger partial charge < -0.3 is 9.67 Å². The highest BCUT2D eigenvalue weighted by Crippen LogP contribution is 1.91. The van der Waals surface area contributed by atoms with Crippen LogP contribution in [0.25, 0.3) is 0 Å². The fourth-order valence-corrected chi connectivity index (χ4v) is 0.771. The molecule has 13 heavy (non-hydrogen) atoms. The van der Waals surface area contributed by atoms with Gasteiger partial charge in [-0.3, -0.25) is 0 Å². The van der Waals surface area contributed by atoms with Crippen LogP contribution in [0.4, 0.5) is 0 Å². The maximum atomic E-state index is 10.6. The van der Waals surface area contributed by atoms with Crippen molar-refractivity contribution in [3.05, 3.63) is 42.5 Å². The van der Waals surface area contributed by atoms with Crippen molar-refractivity contribution in [3.8, 4) is 0 Å². The summed E-state index contributed by atoms with van der Waals surface area (Å²) < 4.78 is 1.73. The lowest BCUT2D eigenvalue weighted by atomic mass is 10.3. The van der Waals surface area contributed by atoms with E-state index < -0.39 is 5.97 Å². The first-order valence-corrected chi connectivity index (χ1v) is 3.74. The summed E-state index contributed by atoms with van der Waals surface area (Å²) in [5, 5.41) is 8.68. The SMILES string of the molecule is Cn1ccccc(C(=O)O)cnc1. The topological polar surface area (TPSA) is 55.1 Å². The zero-order valence-electron chi connectivity index (χ0n) is 7.21. The van der Waals surface area contributed by atoms with Crippen molar-refractivity contribution >= 4 is 5.97 Å². The maximum absolute atomic E-state index is 10.6. The molecule has 0 unspecified atom stereocenters. The minimum absolute atomic E-state index is 0.163. The summed E-state index contributed by atoms with van der Waals surface area (Å²) >= 11 is 0. The molecule has 0 bridgehead atoms. The van der Waals surface area contributed by atoms with Gasteiger partial charge in [0.25, 0.3) is 0 Å². The zero-order chi connectivity index (χ0) is 9.68. The van der Waals surface area contributed by atoms with Crippen molar-refractivity contribution < 1.29 is 9.90 Å². The molecule has 0 saturated carbocycles. The molecule has 1 aromatic heterocycles. The van der Waals surface area contributed by atoms with Crippen molar-refractivity contribution in [2.24, 2.45) is 7.05 Å². The largest absolute Gasteiger partial charge is 0.478 e. The van der Waals surface area contributed by atoms with Gasteiger partial charge in [-0.05, 0) is 12.1 Å². The van der Waals surface area contributed by atoms with Crippen LogP contribution in [0, 0.1) is 0 Å². The van der Waals surface area contributed by atoms with E-state index in [2.05, 4.69) is 4.98 Å². The van der Waals surface area contributed by atoms with Crippen LogP contribution in [0.15, 0.2) is 36.9 Å². The Balaban J connectivity index is 3.24. The van der Waals surface area contributed by atoms with E-state index >= 15 is 0 Å². The number of aromatic nitrogens is 2. The average Bonchev–Trinajstić information content (AvgIpc) is 2.16. The first kappa shape index (κ1) is 9.25. The van der Waals surface area contributed by atoms with Crippen LogP contribution < -0.4 is 0 Å². The predicted molar refractivity (Wildman–Crippen MR) is 47.8 cm³/mol. The molecule has 1 heterocycles. The Morgan fingerprint density at radius 3 is 3.00 bits per heavy atom. The first-order chi connectivity index (χ1) is 6.20. The highest BCUT2D eigenvalue weighted by atomic mass is 16.4. The van der Waals surface area contributed by atoms with E-state index in [0.29, 0.717) is 0 Å². The summed E-state index contributed by atoms with van der Waals surface area (Å²) in [5.74, 6) is -0.980. The molecular weight excluding hydrogens is 168 g/mol. The second-order valence-corrected chi connectivity index (χ2v) is 2.52. The van der Waals surface area contributed by atoms with Gasteiger partial charge in [0.15, 0.2) is 0 Å². The van der Waals surface area contributed by atoms with E-state index in [4.69, 9.17) is 5.11 Å². The van der Waals surface area contributed by atoms with Crippen LogP contribution in [0.1, 0.15) is 10.4 Å². The fourth-order valence-electron chi connectivity index (χ4n) is 0.771. The number of rotatable bonds is 1. The van der Waals surface area contributed by atoms with E-state index in [1.807, 2.05) is 7.05 Å². The van der Waals surface area contributed by atoms with E-state index in [-0.39, 0.29) is 5.56 Å². The molecule has 0 spiro atoms. The monoisotopic (exact) mass is 178 g/mol. The van der Waals surface area contributed by atoms with E-state index in [0.717, 1.165) is 0 Å². The number of aromatic carboxylic acids is 1. The molecule has 0 aliphatic carbocycles. The molecule has 68 valence electrons. The van der Waals surface area contributed by atoms with Crippen LogP contribution in [-0.2, 0) is 7.05 Å². The summed E-state index contributed by atoms with van der Waals surface area (Å²) in [6.07, 6.45) is 4.62. The third-order valence-electron chi connectivity index (χ3n) is 1.42. The summed E-state index contributed by atoms with van der Waals surface area (Å²) in [6, 6.07) is 4.90. The Morgan fingerprint density at radius 1 is 1.54 bits per heavy atom. The predicted octanol–water partition coefficient (Wildman–Crippen LogP) is 1.24. The van der Waals surface area contributed by atoms with Crippen molar-refractivity contribution in [2.75, 3.05) is 0 Å². The van der Waals surface area contributed by atoms with Crippen molar-refractivity contribution in [2.45, 2.75) is 0 Å². The van der Waals surface area contributed by atoms with Crippen molar-refractivity contribution in [1.82, 2.24) is 9.55 Å². The molecule has 0 radical (unpaired) electrons. The standard InChI is InChI=1S/C9H10N2O2/c1-11-5-3-2-4-8(9(12)13)6-10-7-11/h2-7H,1H3,(H,12,13). The normalized spacial score (nSPS) is 9.00. The number of carboxylic acids is 1. The van der Waals surface area contributed by atoms with Crippen LogP contribution in [0.3, 0.4) is 0 Å². The Morgan fingerprint density at radius 2 is 2.31 bits per heavy atom. The molecule has 0 aromatic carbocycles. The molecule has 0 amide bonds. The Hall–Kier alpha value is -1.84. The quantitative estimate of drug-likeness (QED) is 0.704. The molecule has 0 aliphatic rings. The number of hydrogen-bond acceptors (Lipinski definition) is 2. The molecule has 1 rings (SSSR count). The minimum Gasteiger partial charge on any atom is -0.478 e. The highest BCUT2D eigenvalue weighted by molar-refractivity contribution is 5.86. The summed E-state index contributed by atoms with van der Waals surface area (Å²) in [6.45, 7) is 0. The van der Waals surface area contributed by atoms with Gasteiger partial charge in [-0.25, -0.2) is 9.78 Å². The number of carbonyl (C=O) groups is 1. The third-order valence-corrected chi connectivity index (χ3v) is 1.42. The Bertz CT molecular complexity index is 356. The molecule has 4 nitrogen and oxygen atoms in total. The van der Waals surface area contributed by atoms with Gasteiger partial charge in [0.1, 0.15) is 0 Å². The van der Waals surface area contributed by atoms with E-state index in [9.17, 15) is 4.79 Å². The van der Waals surface area contributed by atoms with Gasteiger partial charge in [-0.1, -0.05) is 6.07 Å². The van der Waals surface area contributed by atoms with Crippen molar-refractivity contribution in [3.63, 3.8) is 0 Å². The van der Waals surface area contributed by atoms with E-state index in [1.165, 1.54) is 18.6 Å².